The minimum Gasteiger partial charge on any atom is -0.378 e. The molecule has 7 heteroatoms. The van der Waals surface area contributed by atoms with Gasteiger partial charge >= 0.3 is 0 Å². The molecule has 2 rings (SSSR count). The van der Waals surface area contributed by atoms with Crippen LogP contribution in [0.5, 0.6) is 0 Å². The highest BCUT2D eigenvalue weighted by Crippen LogP contribution is 2.18. The lowest BCUT2D eigenvalue weighted by Crippen LogP contribution is -2.31. The first kappa shape index (κ1) is 17.3. The third kappa shape index (κ3) is 5.00. The Morgan fingerprint density at radius 2 is 2.14 bits per heavy atom. The minimum absolute atomic E-state index is 0.0160. The molecular formula is C15H21F2NO3S. The molecule has 0 radical (unpaired) electrons. The first-order valence-corrected chi connectivity index (χ1v) is 9.06. The van der Waals surface area contributed by atoms with Gasteiger partial charge in [0.15, 0.2) is 11.6 Å². The summed E-state index contributed by atoms with van der Waals surface area (Å²) in [6.07, 6.45) is 2.39. The van der Waals surface area contributed by atoms with Crippen LogP contribution in [0.25, 0.3) is 0 Å². The zero-order valence-electron chi connectivity index (χ0n) is 12.5. The number of sulfonamides is 1. The second-order valence-electron chi connectivity index (χ2n) is 5.67. The van der Waals surface area contributed by atoms with Crippen LogP contribution < -0.4 is 4.72 Å². The second-order valence-corrected chi connectivity index (χ2v) is 7.59. The van der Waals surface area contributed by atoms with Gasteiger partial charge in [0.05, 0.1) is 11.9 Å². The van der Waals surface area contributed by atoms with E-state index in [1.807, 2.05) is 0 Å². The molecule has 1 aromatic carbocycles. The van der Waals surface area contributed by atoms with Gasteiger partial charge in [-0.25, -0.2) is 21.9 Å². The standard InChI is InChI=1S/C15H21F2NO3S/c1-11(12-4-5-14(16)15(17)9-12)10-18-22(19,20)8-6-13-3-2-7-21-13/h4-5,9,11,13,18H,2-3,6-8,10H2,1H3/t11-,13+/m1/s1. The topological polar surface area (TPSA) is 55.4 Å². The van der Waals surface area contributed by atoms with Gasteiger partial charge in [0.2, 0.25) is 10.0 Å². The summed E-state index contributed by atoms with van der Waals surface area (Å²) in [7, 11) is -3.39. The zero-order valence-corrected chi connectivity index (χ0v) is 13.3. The van der Waals surface area contributed by atoms with Crippen molar-refractivity contribution in [2.75, 3.05) is 18.9 Å². The number of halogens is 2. The molecular weight excluding hydrogens is 312 g/mol. The smallest absolute Gasteiger partial charge is 0.211 e. The summed E-state index contributed by atoms with van der Waals surface area (Å²) in [5, 5.41) is 0. The molecule has 0 bridgehead atoms. The average molecular weight is 333 g/mol. The maximum absolute atomic E-state index is 13.2. The molecule has 2 atom stereocenters. The number of benzene rings is 1. The second kappa shape index (κ2) is 7.48. The van der Waals surface area contributed by atoms with Crippen molar-refractivity contribution in [2.45, 2.75) is 38.2 Å². The van der Waals surface area contributed by atoms with E-state index in [2.05, 4.69) is 4.72 Å². The van der Waals surface area contributed by atoms with Crippen molar-refractivity contribution >= 4 is 10.0 Å². The molecule has 0 spiro atoms. The Bertz CT molecular complexity index is 601. The highest BCUT2D eigenvalue weighted by atomic mass is 32.2. The fourth-order valence-corrected chi connectivity index (χ4v) is 3.64. The van der Waals surface area contributed by atoms with Crippen LogP contribution in [0.4, 0.5) is 8.78 Å². The summed E-state index contributed by atoms with van der Waals surface area (Å²) in [5.74, 6) is -2.06. The molecule has 1 aliphatic heterocycles. The molecule has 4 nitrogen and oxygen atoms in total. The van der Waals surface area contributed by atoms with Gasteiger partial charge in [-0.3, -0.25) is 0 Å². The van der Waals surface area contributed by atoms with E-state index in [9.17, 15) is 17.2 Å². The molecule has 1 aromatic rings. The lowest BCUT2D eigenvalue weighted by Gasteiger charge is -2.15. The molecule has 1 N–H and O–H groups in total. The van der Waals surface area contributed by atoms with Crippen molar-refractivity contribution < 1.29 is 21.9 Å². The Morgan fingerprint density at radius 3 is 2.77 bits per heavy atom. The highest BCUT2D eigenvalue weighted by molar-refractivity contribution is 7.89. The van der Waals surface area contributed by atoms with Gasteiger partial charge in [0.1, 0.15) is 0 Å². The van der Waals surface area contributed by atoms with E-state index < -0.39 is 21.7 Å². The van der Waals surface area contributed by atoms with Crippen LogP contribution in [0, 0.1) is 11.6 Å². The van der Waals surface area contributed by atoms with Gasteiger partial charge in [-0.05, 0) is 42.9 Å². The monoisotopic (exact) mass is 333 g/mol. The Labute approximate surface area is 129 Å². The van der Waals surface area contributed by atoms with Crippen LogP contribution >= 0.6 is 0 Å². The average Bonchev–Trinajstić information content (AvgIpc) is 2.99. The maximum Gasteiger partial charge on any atom is 0.211 e. The molecule has 1 aliphatic rings. The van der Waals surface area contributed by atoms with Crippen LogP contribution in [-0.4, -0.2) is 33.4 Å². The van der Waals surface area contributed by atoms with Crippen molar-refractivity contribution in [1.82, 2.24) is 4.72 Å². The summed E-state index contributed by atoms with van der Waals surface area (Å²) in [6.45, 7) is 2.61. The zero-order chi connectivity index (χ0) is 16.2. The van der Waals surface area contributed by atoms with Gasteiger partial charge in [-0.15, -0.1) is 0 Å². The van der Waals surface area contributed by atoms with E-state index in [1.54, 1.807) is 6.92 Å². The molecule has 0 amide bonds. The van der Waals surface area contributed by atoms with Crippen molar-refractivity contribution in [3.63, 3.8) is 0 Å². The lowest BCUT2D eigenvalue weighted by atomic mass is 10.0. The number of nitrogens with one attached hydrogen (secondary N) is 1. The SMILES string of the molecule is C[C@H](CNS(=O)(=O)CC[C@@H]1CCCO1)c1ccc(F)c(F)c1. The van der Waals surface area contributed by atoms with E-state index in [0.717, 1.165) is 25.0 Å². The van der Waals surface area contributed by atoms with Crippen LogP contribution in [-0.2, 0) is 14.8 Å². The largest absolute Gasteiger partial charge is 0.378 e. The number of ether oxygens (including phenoxy) is 1. The molecule has 1 saturated heterocycles. The van der Waals surface area contributed by atoms with E-state index in [0.29, 0.717) is 18.6 Å². The number of rotatable bonds is 7. The fraction of sp³-hybridized carbons (Fsp3) is 0.600. The molecule has 0 aliphatic carbocycles. The summed E-state index contributed by atoms with van der Waals surface area (Å²) < 4.78 is 57.9. The normalized spacial score (nSPS) is 20.2. The maximum atomic E-state index is 13.2. The van der Waals surface area contributed by atoms with Crippen LogP contribution in [0.3, 0.4) is 0 Å². The van der Waals surface area contributed by atoms with Gasteiger partial charge < -0.3 is 4.74 Å². The molecule has 0 aromatic heterocycles. The Hall–Kier alpha value is -1.05. The number of hydrogen-bond acceptors (Lipinski definition) is 3. The predicted molar refractivity (Wildman–Crippen MR) is 80.2 cm³/mol. The summed E-state index contributed by atoms with van der Waals surface area (Å²) >= 11 is 0. The molecule has 0 saturated carbocycles. The molecule has 0 unspecified atom stereocenters. The van der Waals surface area contributed by atoms with Gasteiger partial charge in [-0.2, -0.15) is 0 Å². The van der Waals surface area contributed by atoms with Crippen molar-refractivity contribution in [3.8, 4) is 0 Å². The predicted octanol–water partition coefficient (Wildman–Crippen LogP) is 2.56. The van der Waals surface area contributed by atoms with E-state index >= 15 is 0 Å². The molecule has 124 valence electrons. The fourth-order valence-electron chi connectivity index (χ4n) is 2.42. The molecule has 1 fully saturated rings. The summed E-state index contributed by atoms with van der Waals surface area (Å²) in [5.41, 5.74) is 0.556. The summed E-state index contributed by atoms with van der Waals surface area (Å²) in [6, 6.07) is 3.61. The van der Waals surface area contributed by atoms with Crippen molar-refractivity contribution in [2.24, 2.45) is 0 Å². The Morgan fingerprint density at radius 1 is 1.36 bits per heavy atom. The van der Waals surface area contributed by atoms with Crippen molar-refractivity contribution in [1.29, 1.82) is 0 Å². The molecule has 1 heterocycles. The van der Waals surface area contributed by atoms with Crippen molar-refractivity contribution in [3.05, 3.63) is 35.4 Å². The van der Waals surface area contributed by atoms with E-state index in [4.69, 9.17) is 4.74 Å². The van der Waals surface area contributed by atoms with E-state index in [-0.39, 0.29) is 24.3 Å². The van der Waals surface area contributed by atoms with Gasteiger partial charge in [0, 0.05) is 13.2 Å². The van der Waals surface area contributed by atoms with Gasteiger partial charge in [0.25, 0.3) is 0 Å². The van der Waals surface area contributed by atoms with Gasteiger partial charge in [-0.1, -0.05) is 13.0 Å². The first-order valence-electron chi connectivity index (χ1n) is 7.41. The van der Waals surface area contributed by atoms with Crippen LogP contribution in [0.2, 0.25) is 0 Å². The molecule has 22 heavy (non-hydrogen) atoms. The van der Waals surface area contributed by atoms with Crippen LogP contribution in [0.15, 0.2) is 18.2 Å². The highest BCUT2D eigenvalue weighted by Gasteiger charge is 2.20. The van der Waals surface area contributed by atoms with Crippen LogP contribution in [0.1, 0.15) is 37.7 Å². The lowest BCUT2D eigenvalue weighted by molar-refractivity contribution is 0.109. The summed E-state index contributed by atoms with van der Waals surface area (Å²) in [4.78, 5) is 0. The quantitative estimate of drug-likeness (QED) is 0.834. The number of hydrogen-bond donors (Lipinski definition) is 1. The minimum atomic E-state index is -3.39. The Balaban J connectivity index is 1.83. The Kier molecular flexibility index (Phi) is 5.88. The van der Waals surface area contributed by atoms with E-state index in [1.165, 1.54) is 6.07 Å². The third-order valence-corrected chi connectivity index (χ3v) is 5.23. The first-order chi connectivity index (χ1) is 10.4. The third-order valence-electron chi connectivity index (χ3n) is 3.85.